The molecule has 0 amide bonds. The summed E-state index contributed by atoms with van der Waals surface area (Å²) in [5.74, 6) is 1.72. The van der Waals surface area contributed by atoms with E-state index in [2.05, 4.69) is 63.1 Å². The van der Waals surface area contributed by atoms with Crippen molar-refractivity contribution in [3.63, 3.8) is 0 Å². The highest BCUT2D eigenvalue weighted by atomic mass is 79.9. The lowest BCUT2D eigenvalue weighted by Gasteiger charge is -2.33. The van der Waals surface area contributed by atoms with Gasteiger partial charge in [0.2, 0.25) is 16.0 Å². The quantitative estimate of drug-likeness (QED) is 0.295. The number of nitrogens with one attached hydrogen (secondary N) is 3. The fourth-order valence-corrected chi connectivity index (χ4v) is 4.79. The first-order valence-corrected chi connectivity index (χ1v) is 14.3. The van der Waals surface area contributed by atoms with Crippen molar-refractivity contribution in [1.29, 1.82) is 0 Å². The number of nitrogens with zero attached hydrogens (tertiary/aromatic N) is 6. The number of rotatable bonds is 7. The third kappa shape index (κ3) is 6.24. The molecule has 13 heteroatoms. The number of hydrogen-bond acceptors (Lipinski definition) is 10. The molecule has 1 aliphatic heterocycles. The molecule has 2 aromatic heterocycles. The van der Waals surface area contributed by atoms with Crippen LogP contribution < -0.4 is 20.3 Å². The van der Waals surface area contributed by atoms with E-state index in [0.717, 1.165) is 55.0 Å². The van der Waals surface area contributed by atoms with Gasteiger partial charge in [-0.1, -0.05) is 12.1 Å². The van der Waals surface area contributed by atoms with Gasteiger partial charge in [-0.25, -0.2) is 18.4 Å². The van der Waals surface area contributed by atoms with Crippen molar-refractivity contribution in [2.24, 2.45) is 0 Å². The van der Waals surface area contributed by atoms with E-state index in [9.17, 15) is 8.42 Å². The molecule has 0 radical (unpaired) electrons. The fourth-order valence-electron chi connectivity index (χ4n) is 3.92. The van der Waals surface area contributed by atoms with Gasteiger partial charge < -0.3 is 20.4 Å². The number of hydrogen-bond donors (Lipinski definition) is 3. The molecule has 0 aliphatic carbocycles. The van der Waals surface area contributed by atoms with E-state index in [-0.39, 0.29) is 0 Å². The van der Waals surface area contributed by atoms with Crippen LogP contribution in [-0.4, -0.2) is 72.7 Å². The van der Waals surface area contributed by atoms with Gasteiger partial charge in [0.25, 0.3) is 0 Å². The van der Waals surface area contributed by atoms with Crippen molar-refractivity contribution in [2.45, 2.75) is 0 Å². The number of likely N-dealkylation sites (N-methyl/N-ethyl adjacent to an activating group) is 1. The summed E-state index contributed by atoms with van der Waals surface area (Å²) in [6, 6.07) is 12.7. The smallest absolute Gasteiger partial charge is 0.229 e. The van der Waals surface area contributed by atoms with Crippen molar-refractivity contribution in [1.82, 2.24) is 24.8 Å². The molecule has 3 N–H and O–H groups in total. The molecule has 0 spiro atoms. The zero-order valence-corrected chi connectivity index (χ0v) is 22.7. The van der Waals surface area contributed by atoms with Gasteiger partial charge >= 0.3 is 0 Å². The SMILES string of the molecule is CN1CCN(c2cnc3cc(Nc4ncc(Br)c(Nc5ccccc5NS(C)(=O)=O)n4)ccc3n2)CC1. The van der Waals surface area contributed by atoms with Crippen LogP contribution in [0.25, 0.3) is 11.0 Å². The first kappa shape index (κ1) is 25.1. The Bertz CT molecular complexity index is 1540. The lowest BCUT2D eigenvalue weighted by atomic mass is 10.2. The molecule has 1 aliphatic rings. The summed E-state index contributed by atoms with van der Waals surface area (Å²) in [7, 11) is -1.32. The number of anilines is 6. The van der Waals surface area contributed by atoms with Crippen LogP contribution in [0.2, 0.25) is 0 Å². The van der Waals surface area contributed by atoms with Gasteiger partial charge in [-0.2, -0.15) is 4.98 Å². The van der Waals surface area contributed by atoms with Gasteiger partial charge in [0, 0.05) is 38.1 Å². The molecule has 4 aromatic rings. The molecule has 0 unspecified atom stereocenters. The van der Waals surface area contributed by atoms with Crippen molar-refractivity contribution in [3.05, 3.63) is 59.3 Å². The molecule has 2 aromatic carbocycles. The highest BCUT2D eigenvalue weighted by Gasteiger charge is 2.16. The Morgan fingerprint density at radius 1 is 0.892 bits per heavy atom. The maximum Gasteiger partial charge on any atom is 0.229 e. The number of para-hydroxylation sites is 2. The van der Waals surface area contributed by atoms with Crippen LogP contribution in [0, 0.1) is 0 Å². The molecule has 0 bridgehead atoms. The Balaban J connectivity index is 1.34. The van der Waals surface area contributed by atoms with Crippen LogP contribution in [0.5, 0.6) is 0 Å². The summed E-state index contributed by atoms with van der Waals surface area (Å²) in [5.41, 5.74) is 3.31. The number of piperazine rings is 1. The molecular formula is C24H26BrN9O2S. The fraction of sp³-hybridized carbons (Fsp3) is 0.250. The van der Waals surface area contributed by atoms with Gasteiger partial charge in [0.1, 0.15) is 11.6 Å². The van der Waals surface area contributed by atoms with Crippen molar-refractivity contribution in [3.8, 4) is 0 Å². The van der Waals surface area contributed by atoms with Crippen LogP contribution in [0.1, 0.15) is 0 Å². The topological polar surface area (TPSA) is 128 Å². The van der Waals surface area contributed by atoms with E-state index in [1.165, 1.54) is 0 Å². The van der Waals surface area contributed by atoms with Gasteiger partial charge in [0.05, 0.1) is 39.3 Å². The average Bonchev–Trinajstić information content (AvgIpc) is 2.86. The summed E-state index contributed by atoms with van der Waals surface area (Å²) < 4.78 is 26.6. The van der Waals surface area contributed by atoms with Crippen LogP contribution in [0.15, 0.2) is 59.3 Å². The summed E-state index contributed by atoms with van der Waals surface area (Å²) in [4.78, 5) is 22.9. The minimum Gasteiger partial charge on any atom is -0.353 e. The van der Waals surface area contributed by atoms with Crippen molar-refractivity contribution in [2.75, 3.05) is 59.7 Å². The lowest BCUT2D eigenvalue weighted by molar-refractivity contribution is 0.312. The summed E-state index contributed by atoms with van der Waals surface area (Å²) >= 11 is 3.46. The predicted molar refractivity (Wildman–Crippen MR) is 150 cm³/mol. The van der Waals surface area contributed by atoms with Crippen LogP contribution in [0.4, 0.5) is 34.6 Å². The molecule has 3 heterocycles. The molecular weight excluding hydrogens is 558 g/mol. The number of aromatic nitrogens is 4. The zero-order valence-electron chi connectivity index (χ0n) is 20.3. The summed E-state index contributed by atoms with van der Waals surface area (Å²) in [6.45, 7) is 3.88. The van der Waals surface area contributed by atoms with E-state index in [0.29, 0.717) is 27.6 Å². The van der Waals surface area contributed by atoms with Gasteiger partial charge in [-0.15, -0.1) is 0 Å². The second-order valence-electron chi connectivity index (χ2n) is 8.78. The predicted octanol–water partition coefficient (Wildman–Crippen LogP) is 3.79. The third-order valence-electron chi connectivity index (χ3n) is 5.83. The number of benzene rings is 2. The van der Waals surface area contributed by atoms with Gasteiger partial charge in [-0.05, 0) is 53.3 Å². The summed E-state index contributed by atoms with van der Waals surface area (Å²) in [5, 5.41) is 6.37. The average molecular weight is 585 g/mol. The lowest BCUT2D eigenvalue weighted by Crippen LogP contribution is -2.44. The minimum atomic E-state index is -3.44. The second kappa shape index (κ2) is 10.4. The molecule has 0 atom stereocenters. The number of sulfonamides is 1. The molecule has 0 saturated carbocycles. The standard InChI is InChI=1S/C24H26BrN9O2S/c1-33-9-11-34(12-10-33)22-15-26-21-13-16(7-8-19(21)29-22)28-24-27-14-17(25)23(31-24)30-18-5-3-4-6-20(18)32-37(2,35)36/h3-8,13-15,32H,9-12H2,1-2H3,(H2,27,28,30,31). The third-order valence-corrected chi connectivity index (χ3v) is 7.00. The Morgan fingerprint density at radius 2 is 1.65 bits per heavy atom. The molecule has 5 rings (SSSR count). The van der Waals surface area contributed by atoms with Crippen LogP contribution in [-0.2, 0) is 10.0 Å². The second-order valence-corrected chi connectivity index (χ2v) is 11.4. The van der Waals surface area contributed by atoms with Crippen LogP contribution in [0.3, 0.4) is 0 Å². The van der Waals surface area contributed by atoms with E-state index in [1.807, 2.05) is 24.4 Å². The van der Waals surface area contributed by atoms with E-state index in [1.54, 1.807) is 30.5 Å². The number of fused-ring (bicyclic) bond motifs is 1. The van der Waals surface area contributed by atoms with Crippen LogP contribution >= 0.6 is 15.9 Å². The molecule has 1 saturated heterocycles. The monoisotopic (exact) mass is 583 g/mol. The first-order chi connectivity index (χ1) is 17.7. The Labute approximate surface area is 223 Å². The van der Waals surface area contributed by atoms with Crippen molar-refractivity contribution >= 4 is 71.6 Å². The normalized spacial score (nSPS) is 14.5. The zero-order chi connectivity index (χ0) is 26.0. The molecule has 37 heavy (non-hydrogen) atoms. The highest BCUT2D eigenvalue weighted by Crippen LogP contribution is 2.30. The summed E-state index contributed by atoms with van der Waals surface area (Å²) in [6.07, 6.45) is 4.54. The molecule has 192 valence electrons. The van der Waals surface area contributed by atoms with E-state index < -0.39 is 10.0 Å². The largest absolute Gasteiger partial charge is 0.353 e. The van der Waals surface area contributed by atoms with Crippen molar-refractivity contribution < 1.29 is 8.42 Å². The highest BCUT2D eigenvalue weighted by molar-refractivity contribution is 9.10. The Hall–Kier alpha value is -3.55. The molecule has 11 nitrogen and oxygen atoms in total. The maximum absolute atomic E-state index is 11.7. The Morgan fingerprint density at radius 3 is 2.41 bits per heavy atom. The van der Waals surface area contributed by atoms with E-state index in [4.69, 9.17) is 4.98 Å². The minimum absolute atomic E-state index is 0.362. The van der Waals surface area contributed by atoms with E-state index >= 15 is 0 Å². The maximum atomic E-state index is 11.7. The molecule has 1 fully saturated rings. The Kier molecular flexibility index (Phi) is 7.09. The van der Waals surface area contributed by atoms with Gasteiger partial charge in [0.15, 0.2) is 0 Å². The first-order valence-electron chi connectivity index (χ1n) is 11.6. The van der Waals surface area contributed by atoms with Gasteiger partial charge in [-0.3, -0.25) is 9.71 Å². The number of halogens is 1.